The highest BCUT2D eigenvalue weighted by Crippen LogP contribution is 2.62. The summed E-state index contributed by atoms with van der Waals surface area (Å²) in [7, 11) is 0. The zero-order valence-corrected chi connectivity index (χ0v) is 19.6. The molecule has 2 heterocycles. The largest absolute Gasteiger partial charge is 0.449 e. The molecule has 2 fully saturated rings. The van der Waals surface area contributed by atoms with Crippen LogP contribution in [0.2, 0.25) is 0 Å². The summed E-state index contributed by atoms with van der Waals surface area (Å²) in [5.74, 6) is 0.312. The molecule has 0 aromatic heterocycles. The van der Waals surface area contributed by atoms with E-state index in [0.717, 1.165) is 12.8 Å². The molecule has 3 aliphatic rings. The monoisotopic (exact) mass is 431 g/mol. The Morgan fingerprint density at radius 1 is 0.906 bits per heavy atom. The maximum absolute atomic E-state index is 13.5. The maximum atomic E-state index is 13.5. The van der Waals surface area contributed by atoms with E-state index in [4.69, 9.17) is 4.74 Å². The van der Waals surface area contributed by atoms with Crippen LogP contribution in [0.4, 0.5) is 4.79 Å². The van der Waals surface area contributed by atoms with Crippen molar-refractivity contribution in [3.8, 4) is 24.3 Å². The Bertz CT molecular complexity index is 955. The van der Waals surface area contributed by atoms with Gasteiger partial charge in [0.2, 0.25) is 10.8 Å². The molecule has 2 unspecified atom stereocenters. The van der Waals surface area contributed by atoms with E-state index in [2.05, 4.69) is 0 Å². The van der Waals surface area contributed by atoms with Gasteiger partial charge in [0.1, 0.15) is 0 Å². The highest BCUT2D eigenvalue weighted by Gasteiger charge is 2.76. The summed E-state index contributed by atoms with van der Waals surface area (Å²) in [5, 5.41) is 41.4. The van der Waals surface area contributed by atoms with Crippen molar-refractivity contribution in [2.75, 3.05) is 6.61 Å². The van der Waals surface area contributed by atoms with Crippen LogP contribution in [0, 0.1) is 72.9 Å². The number of allylic oxidation sites excluding steroid dienone is 2. The number of ether oxygens (including phenoxy) is 1. The average molecular weight is 432 g/mol. The highest BCUT2D eigenvalue weighted by molar-refractivity contribution is 5.75. The van der Waals surface area contributed by atoms with Crippen LogP contribution in [0.5, 0.6) is 0 Å². The zero-order valence-electron chi connectivity index (χ0n) is 19.6. The molecule has 0 N–H and O–H groups in total. The summed E-state index contributed by atoms with van der Waals surface area (Å²) in [6.07, 6.45) is 4.99. The van der Waals surface area contributed by atoms with E-state index < -0.39 is 39.8 Å². The van der Waals surface area contributed by atoms with Crippen molar-refractivity contribution in [3.63, 3.8) is 0 Å². The normalized spacial score (nSPS) is 25.8. The fraction of sp³-hybridized carbons (Fsp3) is 0.640. The number of amides is 1. The van der Waals surface area contributed by atoms with Crippen molar-refractivity contribution >= 4 is 6.09 Å². The molecule has 0 radical (unpaired) electrons. The minimum atomic E-state index is -2.08. The minimum absolute atomic E-state index is 0.246. The Kier molecular flexibility index (Phi) is 5.40. The smallest absolute Gasteiger partial charge is 0.410 e. The lowest BCUT2D eigenvalue weighted by molar-refractivity contribution is 0.0804. The van der Waals surface area contributed by atoms with Gasteiger partial charge in [-0.3, -0.25) is 4.90 Å². The molecule has 7 nitrogen and oxygen atoms in total. The molecule has 3 rings (SSSR count). The Morgan fingerprint density at radius 3 is 1.56 bits per heavy atom. The predicted octanol–water partition coefficient (Wildman–Crippen LogP) is 4.61. The molecular weight excluding hydrogens is 402 g/mol. The van der Waals surface area contributed by atoms with Crippen LogP contribution in [0.3, 0.4) is 0 Å². The van der Waals surface area contributed by atoms with Gasteiger partial charge >= 0.3 is 6.09 Å². The molecule has 2 atom stereocenters. The molecule has 0 spiro atoms. The quantitative estimate of drug-likeness (QED) is 0.628. The molecule has 7 heteroatoms. The molecule has 166 valence electrons. The number of rotatable bonds is 2. The van der Waals surface area contributed by atoms with Crippen molar-refractivity contribution in [1.82, 2.24) is 4.90 Å². The zero-order chi connectivity index (χ0) is 24.1. The van der Waals surface area contributed by atoms with Crippen LogP contribution in [0.25, 0.3) is 0 Å². The second kappa shape index (κ2) is 7.39. The molecule has 1 aliphatic carbocycles. The number of nitriles is 4. The lowest BCUT2D eigenvalue weighted by Gasteiger charge is -2.37. The molecule has 32 heavy (non-hydrogen) atoms. The van der Waals surface area contributed by atoms with Gasteiger partial charge < -0.3 is 4.74 Å². The van der Waals surface area contributed by atoms with Gasteiger partial charge in [0.25, 0.3) is 0 Å². The Balaban J connectivity index is 2.39. The third-order valence-corrected chi connectivity index (χ3v) is 6.82. The first-order valence-corrected chi connectivity index (χ1v) is 10.9. The van der Waals surface area contributed by atoms with E-state index in [1.807, 2.05) is 78.0 Å². The van der Waals surface area contributed by atoms with Gasteiger partial charge in [0, 0.05) is 0 Å². The summed E-state index contributed by atoms with van der Waals surface area (Å²) in [4.78, 5) is 14.9. The van der Waals surface area contributed by atoms with Gasteiger partial charge in [0.15, 0.2) is 0 Å². The second-order valence-corrected chi connectivity index (χ2v) is 11.0. The van der Waals surface area contributed by atoms with Crippen molar-refractivity contribution in [1.29, 1.82) is 21.0 Å². The molecule has 0 aromatic rings. The fourth-order valence-corrected chi connectivity index (χ4v) is 4.85. The molecule has 1 amide bonds. The molecule has 0 aromatic carbocycles. The van der Waals surface area contributed by atoms with Crippen molar-refractivity contribution in [3.05, 3.63) is 23.3 Å². The van der Waals surface area contributed by atoms with E-state index >= 15 is 0 Å². The fourth-order valence-electron chi connectivity index (χ4n) is 4.85. The number of carbonyl (C=O) groups excluding carboxylic acids is 1. The van der Waals surface area contributed by atoms with E-state index in [1.165, 1.54) is 4.90 Å². The highest BCUT2D eigenvalue weighted by atomic mass is 16.6. The van der Waals surface area contributed by atoms with Gasteiger partial charge in [0.05, 0.1) is 43.0 Å². The summed E-state index contributed by atoms with van der Waals surface area (Å²) in [5.41, 5.74) is -3.98. The SMILES string of the molecule is CC(C)(C)C1=CC=C(C(C)(C)C)C2N(C(=O)OCC3CC3)C1C(C#N)(C#N)C2(C#N)C#N. The van der Waals surface area contributed by atoms with Crippen LogP contribution in [-0.2, 0) is 4.74 Å². The van der Waals surface area contributed by atoms with Gasteiger partial charge in [-0.1, -0.05) is 53.7 Å². The third-order valence-electron chi connectivity index (χ3n) is 6.82. The molecule has 1 saturated heterocycles. The number of fused-ring (bicyclic) bond motifs is 2. The Hall–Kier alpha value is -3.29. The third kappa shape index (κ3) is 3.16. The van der Waals surface area contributed by atoms with Gasteiger partial charge in [-0.15, -0.1) is 0 Å². The number of hydrogen-bond donors (Lipinski definition) is 0. The standard InChI is InChI=1S/C25H29N5O2/c1-22(2,3)17-9-10-18(23(4,5)6)20-25(14-28,15-29)24(12-26,13-27)19(17)30(20)21(31)32-11-16-7-8-16/h9-10,16,19-20H,7-8,11H2,1-6H3. The topological polar surface area (TPSA) is 125 Å². The van der Waals surface area contributed by atoms with E-state index in [0.29, 0.717) is 17.1 Å². The summed E-state index contributed by atoms with van der Waals surface area (Å²) < 4.78 is 5.62. The maximum Gasteiger partial charge on any atom is 0.410 e. The Labute approximate surface area is 190 Å². The van der Waals surface area contributed by atoms with Gasteiger partial charge in [-0.2, -0.15) is 21.0 Å². The van der Waals surface area contributed by atoms with Crippen molar-refractivity contribution in [2.45, 2.75) is 66.5 Å². The number of hydrogen-bond acceptors (Lipinski definition) is 6. The molecule has 2 bridgehead atoms. The number of carbonyl (C=O) groups is 1. The minimum Gasteiger partial charge on any atom is -0.449 e. The first-order valence-electron chi connectivity index (χ1n) is 10.9. The summed E-state index contributed by atoms with van der Waals surface area (Å²) in [6.45, 7) is 11.8. The van der Waals surface area contributed by atoms with Crippen LogP contribution in [0.15, 0.2) is 23.3 Å². The van der Waals surface area contributed by atoms with Crippen LogP contribution >= 0.6 is 0 Å². The van der Waals surface area contributed by atoms with Crippen LogP contribution in [-0.4, -0.2) is 29.7 Å². The predicted molar refractivity (Wildman–Crippen MR) is 116 cm³/mol. The lowest BCUT2D eigenvalue weighted by Crippen LogP contribution is -2.48. The van der Waals surface area contributed by atoms with Crippen molar-refractivity contribution < 1.29 is 9.53 Å². The lowest BCUT2D eigenvalue weighted by atomic mass is 9.57. The molecule has 2 aliphatic heterocycles. The summed E-state index contributed by atoms with van der Waals surface area (Å²) in [6, 6.07) is 5.94. The first-order chi connectivity index (χ1) is 14.8. The average Bonchev–Trinajstić information content (AvgIpc) is 3.51. The van der Waals surface area contributed by atoms with E-state index in [9.17, 15) is 25.8 Å². The molecule has 1 saturated carbocycles. The van der Waals surface area contributed by atoms with E-state index in [-0.39, 0.29) is 6.61 Å². The van der Waals surface area contributed by atoms with Gasteiger partial charge in [-0.05, 0) is 40.7 Å². The van der Waals surface area contributed by atoms with Gasteiger partial charge in [-0.25, -0.2) is 4.79 Å². The Morgan fingerprint density at radius 2 is 1.28 bits per heavy atom. The van der Waals surface area contributed by atoms with Crippen LogP contribution in [0.1, 0.15) is 54.4 Å². The van der Waals surface area contributed by atoms with Crippen LogP contribution < -0.4 is 0 Å². The van der Waals surface area contributed by atoms with E-state index in [1.54, 1.807) is 0 Å². The number of nitrogens with zero attached hydrogens (tertiary/aromatic N) is 5. The molecular formula is C25H29N5O2. The first kappa shape index (κ1) is 23.4. The summed E-state index contributed by atoms with van der Waals surface area (Å²) >= 11 is 0. The second-order valence-electron chi connectivity index (χ2n) is 11.0. The van der Waals surface area contributed by atoms with Crippen molar-refractivity contribution in [2.24, 2.45) is 27.6 Å².